The van der Waals surface area contributed by atoms with Gasteiger partial charge in [-0.15, -0.1) is 0 Å². The summed E-state index contributed by atoms with van der Waals surface area (Å²) in [5.74, 6) is 1.54. The van der Waals surface area contributed by atoms with Gasteiger partial charge in [-0.1, -0.05) is 54.6 Å². The zero-order valence-corrected chi connectivity index (χ0v) is 18.7. The zero-order valence-electron chi connectivity index (χ0n) is 18.7. The molecule has 0 bridgehead atoms. The van der Waals surface area contributed by atoms with Crippen molar-refractivity contribution in [3.63, 3.8) is 0 Å². The van der Waals surface area contributed by atoms with Crippen LogP contribution in [0.5, 0.6) is 5.75 Å². The Balaban J connectivity index is 1.15. The number of ether oxygens (including phenoxy) is 1. The Bertz CT molecular complexity index is 1130. The van der Waals surface area contributed by atoms with Gasteiger partial charge in [0.25, 0.3) is 0 Å². The van der Waals surface area contributed by atoms with Crippen molar-refractivity contribution in [1.82, 2.24) is 15.1 Å². The zero-order chi connectivity index (χ0) is 21.8. The van der Waals surface area contributed by atoms with Crippen LogP contribution in [0.3, 0.4) is 0 Å². The van der Waals surface area contributed by atoms with Gasteiger partial charge in [-0.05, 0) is 72.2 Å². The number of fused-ring (bicyclic) bond motifs is 1. The molecule has 0 amide bonds. The molecule has 0 spiro atoms. The monoisotopic (exact) mass is 425 g/mol. The Morgan fingerprint density at radius 3 is 2.69 bits per heavy atom. The summed E-state index contributed by atoms with van der Waals surface area (Å²) in [6, 6.07) is 26.8. The lowest BCUT2D eigenvalue weighted by Crippen LogP contribution is -2.29. The van der Waals surface area contributed by atoms with Crippen LogP contribution in [0.4, 0.5) is 0 Å². The fraction of sp³-hybridized carbons (Fsp3) is 0.321. The summed E-state index contributed by atoms with van der Waals surface area (Å²) >= 11 is 0. The van der Waals surface area contributed by atoms with Crippen LogP contribution in [0.2, 0.25) is 0 Å². The van der Waals surface area contributed by atoms with E-state index in [1.165, 1.54) is 41.2 Å². The molecule has 2 unspecified atom stereocenters. The number of nitrogens with one attached hydrogen (secondary N) is 1. The largest absolute Gasteiger partial charge is 0.492 e. The maximum absolute atomic E-state index is 5.88. The smallest absolute Gasteiger partial charge is 0.119 e. The van der Waals surface area contributed by atoms with E-state index in [1.807, 2.05) is 16.9 Å². The molecule has 164 valence electrons. The predicted molar refractivity (Wildman–Crippen MR) is 130 cm³/mol. The molecule has 1 aliphatic carbocycles. The van der Waals surface area contributed by atoms with Crippen LogP contribution in [0.1, 0.15) is 49.3 Å². The molecule has 5 rings (SSSR count). The molecule has 4 nitrogen and oxygen atoms in total. The molecule has 1 fully saturated rings. The first-order valence-electron chi connectivity index (χ1n) is 11.7. The van der Waals surface area contributed by atoms with Crippen molar-refractivity contribution in [2.45, 2.75) is 50.7 Å². The molecule has 1 heterocycles. The molecule has 0 saturated heterocycles. The molecule has 0 aliphatic heterocycles. The molecule has 0 radical (unpaired) electrons. The number of aromatic nitrogens is 2. The van der Waals surface area contributed by atoms with E-state index >= 15 is 0 Å². The van der Waals surface area contributed by atoms with Gasteiger partial charge in [0.05, 0.1) is 6.54 Å². The van der Waals surface area contributed by atoms with E-state index in [2.05, 4.69) is 84.1 Å². The summed E-state index contributed by atoms with van der Waals surface area (Å²) in [4.78, 5) is 0. The molecular weight excluding hydrogens is 394 g/mol. The van der Waals surface area contributed by atoms with E-state index in [1.54, 1.807) is 6.20 Å². The molecule has 32 heavy (non-hydrogen) atoms. The molecule has 1 saturated carbocycles. The van der Waals surface area contributed by atoms with Gasteiger partial charge in [0.1, 0.15) is 12.4 Å². The second kappa shape index (κ2) is 9.58. The van der Waals surface area contributed by atoms with Gasteiger partial charge in [-0.3, -0.25) is 4.68 Å². The number of hydrogen-bond donors (Lipinski definition) is 1. The maximum Gasteiger partial charge on any atom is 0.119 e. The fourth-order valence-corrected chi connectivity index (χ4v) is 5.03. The van der Waals surface area contributed by atoms with E-state index in [4.69, 9.17) is 4.74 Å². The van der Waals surface area contributed by atoms with Crippen LogP contribution in [-0.4, -0.2) is 22.4 Å². The fourth-order valence-electron chi connectivity index (χ4n) is 5.03. The van der Waals surface area contributed by atoms with Crippen molar-refractivity contribution < 1.29 is 4.74 Å². The lowest BCUT2D eigenvalue weighted by molar-refractivity contribution is 0.291. The van der Waals surface area contributed by atoms with Crippen LogP contribution < -0.4 is 10.1 Å². The van der Waals surface area contributed by atoms with Gasteiger partial charge in [-0.25, -0.2) is 0 Å². The van der Waals surface area contributed by atoms with Crippen LogP contribution in [0, 0.1) is 0 Å². The molecular formula is C28H31N3O. The summed E-state index contributed by atoms with van der Waals surface area (Å²) in [5, 5.41) is 10.8. The van der Waals surface area contributed by atoms with Crippen molar-refractivity contribution in [1.29, 1.82) is 0 Å². The van der Waals surface area contributed by atoms with Crippen molar-refractivity contribution in [3.05, 3.63) is 96.3 Å². The summed E-state index contributed by atoms with van der Waals surface area (Å²) in [7, 11) is 0. The number of rotatable bonds is 8. The third-order valence-electron chi connectivity index (χ3n) is 6.71. The van der Waals surface area contributed by atoms with Gasteiger partial charge in [0.2, 0.25) is 0 Å². The van der Waals surface area contributed by atoms with E-state index in [0.717, 1.165) is 12.3 Å². The van der Waals surface area contributed by atoms with Gasteiger partial charge >= 0.3 is 0 Å². The number of hydrogen-bond acceptors (Lipinski definition) is 3. The highest BCUT2D eigenvalue weighted by Crippen LogP contribution is 2.36. The molecule has 3 aromatic carbocycles. The highest BCUT2D eigenvalue weighted by atomic mass is 16.5. The maximum atomic E-state index is 5.88. The SMILES string of the molecule is C[C@@H](NC1CCC(c2ccc(OCCn3cccn3)cc2)C1)c1cccc2ccccc12. The highest BCUT2D eigenvalue weighted by molar-refractivity contribution is 5.86. The molecule has 3 atom stereocenters. The molecule has 1 N–H and O–H groups in total. The Labute approximate surface area is 190 Å². The minimum atomic E-state index is 0.343. The summed E-state index contributed by atoms with van der Waals surface area (Å²) in [5.41, 5.74) is 2.81. The van der Waals surface area contributed by atoms with Gasteiger partial charge < -0.3 is 10.1 Å². The normalized spacial score (nSPS) is 19.3. The minimum absolute atomic E-state index is 0.343. The standard InChI is InChI=1S/C28H31N3O/c1-21(27-9-4-7-23-6-2-3-8-28(23)27)30-25-13-10-24(20-25)22-11-14-26(15-12-22)32-19-18-31-17-5-16-29-31/h2-9,11-12,14-17,21,24-25,30H,10,13,18-20H2,1H3/t21-,24?,25?/m1/s1. The topological polar surface area (TPSA) is 39.1 Å². The second-order valence-corrected chi connectivity index (χ2v) is 8.85. The molecule has 4 heteroatoms. The van der Waals surface area contributed by atoms with Crippen molar-refractivity contribution in [2.24, 2.45) is 0 Å². The number of nitrogens with zero attached hydrogens (tertiary/aromatic N) is 2. The van der Waals surface area contributed by atoms with Gasteiger partial charge in [0.15, 0.2) is 0 Å². The quantitative estimate of drug-likeness (QED) is 0.371. The first-order chi connectivity index (χ1) is 15.8. The summed E-state index contributed by atoms with van der Waals surface area (Å²) in [6.45, 7) is 3.69. The third kappa shape index (κ3) is 4.71. The summed E-state index contributed by atoms with van der Waals surface area (Å²) < 4.78 is 7.77. The van der Waals surface area contributed by atoms with Crippen LogP contribution >= 0.6 is 0 Å². The van der Waals surface area contributed by atoms with Crippen molar-refractivity contribution in [2.75, 3.05) is 6.61 Å². The predicted octanol–water partition coefficient (Wildman–Crippen LogP) is 6.10. The van der Waals surface area contributed by atoms with E-state index in [-0.39, 0.29) is 0 Å². The first kappa shape index (κ1) is 20.8. The van der Waals surface area contributed by atoms with Crippen molar-refractivity contribution >= 4 is 10.8 Å². The first-order valence-corrected chi connectivity index (χ1v) is 11.7. The number of benzene rings is 3. The molecule has 1 aliphatic rings. The Morgan fingerprint density at radius 2 is 1.84 bits per heavy atom. The average molecular weight is 426 g/mol. The van der Waals surface area contributed by atoms with E-state index < -0.39 is 0 Å². The minimum Gasteiger partial charge on any atom is -0.492 e. The van der Waals surface area contributed by atoms with Crippen molar-refractivity contribution in [3.8, 4) is 5.75 Å². The molecule has 1 aromatic heterocycles. The Hall–Kier alpha value is -3.11. The van der Waals surface area contributed by atoms with Gasteiger partial charge in [0, 0.05) is 24.5 Å². The highest BCUT2D eigenvalue weighted by Gasteiger charge is 2.27. The van der Waals surface area contributed by atoms with Crippen LogP contribution in [-0.2, 0) is 6.54 Å². The molecule has 4 aromatic rings. The lowest BCUT2D eigenvalue weighted by Gasteiger charge is -2.21. The second-order valence-electron chi connectivity index (χ2n) is 8.85. The van der Waals surface area contributed by atoms with Crippen LogP contribution in [0.25, 0.3) is 10.8 Å². The third-order valence-corrected chi connectivity index (χ3v) is 6.71. The summed E-state index contributed by atoms with van der Waals surface area (Å²) in [6.07, 6.45) is 7.40. The van der Waals surface area contributed by atoms with E-state index in [9.17, 15) is 0 Å². The van der Waals surface area contributed by atoms with E-state index in [0.29, 0.717) is 24.6 Å². The Morgan fingerprint density at radius 1 is 1.00 bits per heavy atom. The van der Waals surface area contributed by atoms with Crippen LogP contribution in [0.15, 0.2) is 85.2 Å². The van der Waals surface area contributed by atoms with Gasteiger partial charge in [-0.2, -0.15) is 5.10 Å². The average Bonchev–Trinajstić information content (AvgIpc) is 3.52. The Kier molecular flexibility index (Phi) is 6.22. The lowest BCUT2D eigenvalue weighted by atomic mass is 9.96.